The average Bonchev–Trinajstić information content (AvgIpc) is 2.74. The summed E-state index contributed by atoms with van der Waals surface area (Å²) in [4.78, 5) is 0. The minimum Gasteiger partial charge on any atom is -0.464 e. The topological polar surface area (TPSA) is 25.2 Å². The molecule has 90 valence electrons. The zero-order chi connectivity index (χ0) is 11.7. The first-order valence-electron chi connectivity index (χ1n) is 6.53. The molecule has 1 aromatic heterocycles. The van der Waals surface area contributed by atoms with Gasteiger partial charge in [-0.15, -0.1) is 0 Å². The van der Waals surface area contributed by atoms with E-state index in [4.69, 9.17) is 4.42 Å². The van der Waals surface area contributed by atoms with Gasteiger partial charge >= 0.3 is 0 Å². The standard InChI is InChI=1S/C15H19NO/c1-11-10-17-15-12(5-4-7-14(11)15)9-13-6-2-3-8-16-13/h4-5,7,10,13,16H,2-3,6,8-9H2,1H3. The highest BCUT2D eigenvalue weighted by Crippen LogP contribution is 2.25. The van der Waals surface area contributed by atoms with Gasteiger partial charge in [0.05, 0.1) is 6.26 Å². The van der Waals surface area contributed by atoms with Crippen molar-refractivity contribution < 1.29 is 4.42 Å². The molecule has 1 aliphatic heterocycles. The van der Waals surface area contributed by atoms with Crippen LogP contribution in [0.15, 0.2) is 28.9 Å². The van der Waals surface area contributed by atoms with Crippen molar-refractivity contribution in [1.29, 1.82) is 0 Å². The zero-order valence-electron chi connectivity index (χ0n) is 10.3. The highest BCUT2D eigenvalue weighted by atomic mass is 16.3. The maximum atomic E-state index is 5.69. The van der Waals surface area contributed by atoms with E-state index in [9.17, 15) is 0 Å². The minimum absolute atomic E-state index is 0.625. The number of hydrogen-bond acceptors (Lipinski definition) is 2. The Hall–Kier alpha value is -1.28. The Balaban J connectivity index is 1.89. The molecule has 1 atom stereocenters. The zero-order valence-corrected chi connectivity index (χ0v) is 10.3. The van der Waals surface area contributed by atoms with E-state index < -0.39 is 0 Å². The van der Waals surface area contributed by atoms with Gasteiger partial charge in [-0.25, -0.2) is 0 Å². The number of piperidine rings is 1. The Morgan fingerprint density at radius 1 is 1.35 bits per heavy atom. The number of rotatable bonds is 2. The second-order valence-corrected chi connectivity index (χ2v) is 5.06. The summed E-state index contributed by atoms with van der Waals surface area (Å²) in [5, 5.41) is 4.86. The number of para-hydroxylation sites is 1. The Morgan fingerprint density at radius 3 is 3.12 bits per heavy atom. The normalized spacial score (nSPS) is 20.9. The molecular weight excluding hydrogens is 210 g/mol. The summed E-state index contributed by atoms with van der Waals surface area (Å²) >= 11 is 0. The SMILES string of the molecule is Cc1coc2c(CC3CCCCN3)cccc12. The van der Waals surface area contributed by atoms with Gasteiger partial charge in [-0.3, -0.25) is 0 Å². The molecule has 17 heavy (non-hydrogen) atoms. The van der Waals surface area contributed by atoms with E-state index in [2.05, 4.69) is 30.4 Å². The molecule has 1 aliphatic rings. The van der Waals surface area contributed by atoms with Gasteiger partial charge in [0.2, 0.25) is 0 Å². The van der Waals surface area contributed by atoms with Crippen LogP contribution in [0.25, 0.3) is 11.0 Å². The molecule has 1 N–H and O–H groups in total. The minimum atomic E-state index is 0.625. The molecule has 2 heterocycles. The fourth-order valence-electron chi connectivity index (χ4n) is 2.77. The molecule has 2 heteroatoms. The van der Waals surface area contributed by atoms with Crippen molar-refractivity contribution in [2.75, 3.05) is 6.54 Å². The van der Waals surface area contributed by atoms with Gasteiger partial charge in [-0.05, 0) is 43.9 Å². The first-order chi connectivity index (χ1) is 8.34. The third-order valence-corrected chi connectivity index (χ3v) is 3.75. The first-order valence-corrected chi connectivity index (χ1v) is 6.53. The highest BCUT2D eigenvalue weighted by Gasteiger charge is 2.15. The van der Waals surface area contributed by atoms with Crippen LogP contribution >= 0.6 is 0 Å². The predicted molar refractivity (Wildman–Crippen MR) is 70.3 cm³/mol. The fraction of sp³-hybridized carbons (Fsp3) is 0.467. The van der Waals surface area contributed by atoms with Gasteiger partial charge in [0.1, 0.15) is 5.58 Å². The molecule has 2 aromatic rings. The lowest BCUT2D eigenvalue weighted by Gasteiger charge is -2.23. The molecule has 0 bridgehead atoms. The number of hydrogen-bond donors (Lipinski definition) is 1. The van der Waals surface area contributed by atoms with Crippen LogP contribution in [0.3, 0.4) is 0 Å². The summed E-state index contributed by atoms with van der Waals surface area (Å²) in [5.41, 5.74) is 3.66. The second kappa shape index (κ2) is 4.53. The van der Waals surface area contributed by atoms with Crippen molar-refractivity contribution in [3.8, 4) is 0 Å². The maximum absolute atomic E-state index is 5.69. The van der Waals surface area contributed by atoms with Gasteiger partial charge in [-0.2, -0.15) is 0 Å². The smallest absolute Gasteiger partial charge is 0.137 e. The molecule has 0 radical (unpaired) electrons. The van der Waals surface area contributed by atoms with Crippen molar-refractivity contribution in [3.63, 3.8) is 0 Å². The van der Waals surface area contributed by atoms with Gasteiger partial charge in [0, 0.05) is 11.4 Å². The van der Waals surface area contributed by atoms with Crippen molar-refractivity contribution in [2.45, 2.75) is 38.6 Å². The van der Waals surface area contributed by atoms with Crippen molar-refractivity contribution in [3.05, 3.63) is 35.6 Å². The lowest BCUT2D eigenvalue weighted by Crippen LogP contribution is -2.35. The number of furan rings is 1. The van der Waals surface area contributed by atoms with E-state index in [1.807, 2.05) is 6.26 Å². The molecule has 1 saturated heterocycles. The Kier molecular flexibility index (Phi) is 2.89. The first kappa shape index (κ1) is 10.8. The van der Waals surface area contributed by atoms with Crippen molar-refractivity contribution in [1.82, 2.24) is 5.32 Å². The molecule has 0 amide bonds. The average molecular weight is 229 g/mol. The highest BCUT2D eigenvalue weighted by molar-refractivity contribution is 5.83. The van der Waals surface area contributed by atoms with Crippen LogP contribution < -0.4 is 5.32 Å². The summed E-state index contributed by atoms with van der Waals surface area (Å²) in [7, 11) is 0. The van der Waals surface area contributed by atoms with Gasteiger partial charge < -0.3 is 9.73 Å². The number of benzene rings is 1. The predicted octanol–water partition coefficient (Wildman–Crippen LogP) is 3.43. The molecule has 0 saturated carbocycles. The van der Waals surface area contributed by atoms with Crippen LogP contribution in [0, 0.1) is 6.92 Å². The quantitative estimate of drug-likeness (QED) is 0.853. The summed E-state index contributed by atoms with van der Waals surface area (Å²) in [6.07, 6.45) is 6.91. The molecule has 0 aliphatic carbocycles. The maximum Gasteiger partial charge on any atom is 0.137 e. The fourth-order valence-corrected chi connectivity index (χ4v) is 2.77. The number of aryl methyl sites for hydroxylation is 1. The molecule has 2 nitrogen and oxygen atoms in total. The van der Waals surface area contributed by atoms with Gasteiger partial charge in [-0.1, -0.05) is 24.6 Å². The molecule has 1 aromatic carbocycles. The summed E-state index contributed by atoms with van der Waals surface area (Å²) in [6, 6.07) is 7.11. The summed E-state index contributed by atoms with van der Waals surface area (Å²) < 4.78 is 5.69. The number of fused-ring (bicyclic) bond motifs is 1. The third-order valence-electron chi connectivity index (χ3n) is 3.75. The molecule has 1 unspecified atom stereocenters. The molecular formula is C15H19NO. The molecule has 1 fully saturated rings. The summed E-state index contributed by atoms with van der Waals surface area (Å²) in [6.45, 7) is 3.27. The molecule has 3 rings (SSSR count). The van der Waals surface area contributed by atoms with Crippen LogP contribution in [0.2, 0.25) is 0 Å². The van der Waals surface area contributed by atoms with E-state index in [0.29, 0.717) is 6.04 Å². The second-order valence-electron chi connectivity index (χ2n) is 5.06. The van der Waals surface area contributed by atoms with E-state index >= 15 is 0 Å². The number of nitrogens with one attached hydrogen (secondary N) is 1. The lowest BCUT2D eigenvalue weighted by atomic mass is 9.96. The van der Waals surface area contributed by atoms with Crippen LogP contribution in [0.4, 0.5) is 0 Å². The monoisotopic (exact) mass is 229 g/mol. The van der Waals surface area contributed by atoms with Crippen molar-refractivity contribution >= 4 is 11.0 Å². The lowest BCUT2D eigenvalue weighted by molar-refractivity contribution is 0.399. The van der Waals surface area contributed by atoms with E-state index in [1.54, 1.807) is 0 Å². The van der Waals surface area contributed by atoms with Crippen LogP contribution in [0.5, 0.6) is 0 Å². The molecule has 0 spiro atoms. The van der Waals surface area contributed by atoms with Crippen molar-refractivity contribution in [2.24, 2.45) is 0 Å². The van der Waals surface area contributed by atoms with Crippen LogP contribution in [-0.4, -0.2) is 12.6 Å². The van der Waals surface area contributed by atoms with Crippen LogP contribution in [0.1, 0.15) is 30.4 Å². The van der Waals surface area contributed by atoms with E-state index in [-0.39, 0.29) is 0 Å². The van der Waals surface area contributed by atoms with Crippen LogP contribution in [-0.2, 0) is 6.42 Å². The van der Waals surface area contributed by atoms with Gasteiger partial charge in [0.25, 0.3) is 0 Å². The van der Waals surface area contributed by atoms with E-state index in [0.717, 1.165) is 18.5 Å². The van der Waals surface area contributed by atoms with E-state index in [1.165, 1.54) is 35.8 Å². The Labute approximate surface area is 102 Å². The largest absolute Gasteiger partial charge is 0.464 e. The Bertz CT molecular complexity index is 509. The third kappa shape index (κ3) is 2.09. The Morgan fingerprint density at radius 2 is 2.29 bits per heavy atom. The summed E-state index contributed by atoms with van der Waals surface area (Å²) in [5.74, 6) is 0. The van der Waals surface area contributed by atoms with Gasteiger partial charge in [0.15, 0.2) is 0 Å².